The van der Waals surface area contributed by atoms with E-state index in [9.17, 15) is 8.42 Å². The van der Waals surface area contributed by atoms with E-state index < -0.39 is 10.0 Å². The quantitative estimate of drug-likeness (QED) is 0.918. The van der Waals surface area contributed by atoms with E-state index in [1.807, 2.05) is 31.3 Å². The molecule has 7 heteroatoms. The average Bonchev–Trinajstić information content (AvgIpc) is 2.54. The summed E-state index contributed by atoms with van der Waals surface area (Å²) in [7, 11) is -3.63. The number of sulfonamides is 1. The Balaban J connectivity index is 1.67. The molecular formula is C16H20N4O2S. The van der Waals surface area contributed by atoms with Crippen molar-refractivity contribution in [3.8, 4) is 0 Å². The molecule has 1 saturated heterocycles. The molecule has 23 heavy (non-hydrogen) atoms. The van der Waals surface area contributed by atoms with Crippen LogP contribution in [0, 0.1) is 6.92 Å². The summed E-state index contributed by atoms with van der Waals surface area (Å²) in [6.45, 7) is 5.60. The number of pyridine rings is 1. The van der Waals surface area contributed by atoms with Gasteiger partial charge in [0.25, 0.3) is 0 Å². The summed E-state index contributed by atoms with van der Waals surface area (Å²) in [5.74, 6) is 0. The maximum atomic E-state index is 11.3. The lowest BCUT2D eigenvalue weighted by molar-refractivity contribution is 0.597. The predicted molar refractivity (Wildman–Crippen MR) is 91.2 cm³/mol. The molecule has 1 aromatic carbocycles. The van der Waals surface area contributed by atoms with Gasteiger partial charge in [0, 0.05) is 49.4 Å². The van der Waals surface area contributed by atoms with Gasteiger partial charge in [0.2, 0.25) is 10.0 Å². The van der Waals surface area contributed by atoms with Crippen LogP contribution >= 0.6 is 0 Å². The summed E-state index contributed by atoms with van der Waals surface area (Å²) in [5.41, 5.74) is 3.23. The number of nitrogens with zero attached hydrogens (tertiary/aromatic N) is 3. The van der Waals surface area contributed by atoms with Gasteiger partial charge in [-0.25, -0.2) is 13.6 Å². The van der Waals surface area contributed by atoms with Crippen molar-refractivity contribution in [2.24, 2.45) is 5.14 Å². The van der Waals surface area contributed by atoms with Crippen molar-refractivity contribution in [3.63, 3.8) is 0 Å². The topological polar surface area (TPSA) is 79.5 Å². The molecular weight excluding hydrogens is 312 g/mol. The summed E-state index contributed by atoms with van der Waals surface area (Å²) in [6.07, 6.45) is 1.84. The lowest BCUT2D eigenvalue weighted by Crippen LogP contribution is -2.46. The number of nitrogens with two attached hydrogens (primary N) is 1. The second-order valence-electron chi connectivity index (χ2n) is 5.67. The normalized spacial score (nSPS) is 15.7. The molecule has 0 atom stereocenters. The fraction of sp³-hybridized carbons (Fsp3) is 0.312. The fourth-order valence-corrected chi connectivity index (χ4v) is 3.31. The minimum absolute atomic E-state index is 0.146. The molecule has 0 amide bonds. The summed E-state index contributed by atoms with van der Waals surface area (Å²) in [5, 5.41) is 5.13. The molecule has 0 bridgehead atoms. The molecule has 0 unspecified atom stereocenters. The van der Waals surface area contributed by atoms with E-state index in [0.29, 0.717) is 0 Å². The lowest BCUT2D eigenvalue weighted by Gasteiger charge is -2.37. The molecule has 3 rings (SSSR count). The maximum absolute atomic E-state index is 11.3. The van der Waals surface area contributed by atoms with Gasteiger partial charge in [-0.15, -0.1) is 0 Å². The number of benzene rings is 1. The van der Waals surface area contributed by atoms with Gasteiger partial charge >= 0.3 is 0 Å². The van der Waals surface area contributed by atoms with Gasteiger partial charge in [0.1, 0.15) is 0 Å². The summed E-state index contributed by atoms with van der Waals surface area (Å²) in [6, 6.07) is 10.9. The van der Waals surface area contributed by atoms with E-state index in [1.165, 1.54) is 5.69 Å². The zero-order chi connectivity index (χ0) is 16.4. The van der Waals surface area contributed by atoms with Gasteiger partial charge in [-0.05, 0) is 43.3 Å². The van der Waals surface area contributed by atoms with Crippen LogP contribution in [0.15, 0.2) is 47.5 Å². The molecule has 122 valence electrons. The molecule has 6 nitrogen and oxygen atoms in total. The lowest BCUT2D eigenvalue weighted by atomic mass is 10.2. The summed E-state index contributed by atoms with van der Waals surface area (Å²) < 4.78 is 22.6. The highest BCUT2D eigenvalue weighted by molar-refractivity contribution is 7.89. The second-order valence-corrected chi connectivity index (χ2v) is 7.23. The molecule has 2 N–H and O–H groups in total. The monoisotopic (exact) mass is 332 g/mol. The van der Waals surface area contributed by atoms with Gasteiger partial charge in [-0.1, -0.05) is 0 Å². The van der Waals surface area contributed by atoms with Crippen LogP contribution in [0.25, 0.3) is 0 Å². The second kappa shape index (κ2) is 6.17. The Kier molecular flexibility index (Phi) is 4.23. The Bertz CT molecular complexity index is 782. The minimum atomic E-state index is -3.63. The highest BCUT2D eigenvalue weighted by Gasteiger charge is 2.18. The van der Waals surface area contributed by atoms with Crippen molar-refractivity contribution in [3.05, 3.63) is 48.3 Å². The number of anilines is 2. The largest absolute Gasteiger partial charge is 0.368 e. The van der Waals surface area contributed by atoms with Crippen LogP contribution in [0.1, 0.15) is 5.69 Å². The van der Waals surface area contributed by atoms with Crippen LogP contribution in [-0.2, 0) is 10.0 Å². The molecule has 0 radical (unpaired) electrons. The Hall–Kier alpha value is -2.12. The van der Waals surface area contributed by atoms with Gasteiger partial charge in [-0.2, -0.15) is 0 Å². The maximum Gasteiger partial charge on any atom is 0.238 e. The molecule has 1 aliphatic heterocycles. The number of hydrogen-bond donors (Lipinski definition) is 1. The molecule has 2 aromatic rings. The van der Waals surface area contributed by atoms with E-state index >= 15 is 0 Å². The first-order valence-corrected chi connectivity index (χ1v) is 9.03. The van der Waals surface area contributed by atoms with Gasteiger partial charge in [-0.3, -0.25) is 4.98 Å². The Morgan fingerprint density at radius 2 is 1.52 bits per heavy atom. The zero-order valence-electron chi connectivity index (χ0n) is 13.0. The van der Waals surface area contributed by atoms with Crippen molar-refractivity contribution < 1.29 is 8.42 Å². The number of aryl methyl sites for hydroxylation is 1. The number of hydrogen-bond acceptors (Lipinski definition) is 5. The molecule has 0 spiro atoms. The van der Waals surface area contributed by atoms with Crippen molar-refractivity contribution in [1.29, 1.82) is 0 Å². The average molecular weight is 332 g/mol. The fourth-order valence-electron chi connectivity index (χ4n) is 2.80. The molecule has 2 heterocycles. The van der Waals surface area contributed by atoms with Crippen molar-refractivity contribution in [1.82, 2.24) is 4.98 Å². The third-order valence-electron chi connectivity index (χ3n) is 4.06. The van der Waals surface area contributed by atoms with E-state index in [1.54, 1.807) is 12.1 Å². The molecule has 0 aliphatic carbocycles. The van der Waals surface area contributed by atoms with Crippen LogP contribution in [0.3, 0.4) is 0 Å². The molecule has 0 saturated carbocycles. The number of aromatic nitrogens is 1. The molecule has 1 aliphatic rings. The molecule has 1 fully saturated rings. The van der Waals surface area contributed by atoms with Gasteiger partial charge in [0.15, 0.2) is 0 Å². The standard InChI is InChI=1S/C16H20N4O2S/c1-13-12-15(6-7-18-13)20-10-8-19(9-11-20)14-2-4-16(5-3-14)23(17,21)22/h2-7,12H,8-11H2,1H3,(H2,17,21,22). The Morgan fingerprint density at radius 3 is 2.04 bits per heavy atom. The van der Waals surface area contributed by atoms with Crippen LogP contribution in [0.2, 0.25) is 0 Å². The van der Waals surface area contributed by atoms with Gasteiger partial charge < -0.3 is 9.80 Å². The Morgan fingerprint density at radius 1 is 0.957 bits per heavy atom. The Labute approximate surface area is 136 Å². The minimum Gasteiger partial charge on any atom is -0.368 e. The van der Waals surface area contributed by atoms with E-state index in [2.05, 4.69) is 20.9 Å². The van der Waals surface area contributed by atoms with Crippen LogP contribution < -0.4 is 14.9 Å². The number of piperazine rings is 1. The van der Waals surface area contributed by atoms with E-state index in [4.69, 9.17) is 5.14 Å². The number of primary sulfonamides is 1. The van der Waals surface area contributed by atoms with Crippen molar-refractivity contribution in [2.45, 2.75) is 11.8 Å². The van der Waals surface area contributed by atoms with Crippen LogP contribution in [0.5, 0.6) is 0 Å². The number of rotatable bonds is 3. The van der Waals surface area contributed by atoms with Gasteiger partial charge in [0.05, 0.1) is 4.90 Å². The first-order valence-electron chi connectivity index (χ1n) is 7.49. The first kappa shape index (κ1) is 15.8. The van der Waals surface area contributed by atoms with Crippen LogP contribution in [-0.4, -0.2) is 39.6 Å². The third-order valence-corrected chi connectivity index (χ3v) is 4.98. The van der Waals surface area contributed by atoms with E-state index in [0.717, 1.165) is 37.6 Å². The molecule has 1 aromatic heterocycles. The van der Waals surface area contributed by atoms with Crippen molar-refractivity contribution >= 4 is 21.4 Å². The zero-order valence-corrected chi connectivity index (χ0v) is 13.8. The third kappa shape index (κ3) is 3.62. The first-order chi connectivity index (χ1) is 10.9. The van der Waals surface area contributed by atoms with Crippen LogP contribution in [0.4, 0.5) is 11.4 Å². The summed E-state index contributed by atoms with van der Waals surface area (Å²) >= 11 is 0. The SMILES string of the molecule is Cc1cc(N2CCN(c3ccc(S(N)(=O)=O)cc3)CC2)ccn1. The van der Waals surface area contributed by atoms with Crippen molar-refractivity contribution in [2.75, 3.05) is 36.0 Å². The highest BCUT2D eigenvalue weighted by atomic mass is 32.2. The van der Waals surface area contributed by atoms with E-state index in [-0.39, 0.29) is 4.90 Å². The highest BCUT2D eigenvalue weighted by Crippen LogP contribution is 2.21. The smallest absolute Gasteiger partial charge is 0.238 e. The predicted octanol–water partition coefficient (Wildman–Crippen LogP) is 1.36. The summed E-state index contributed by atoms with van der Waals surface area (Å²) in [4.78, 5) is 8.96.